The van der Waals surface area contributed by atoms with Crippen molar-refractivity contribution in [2.24, 2.45) is 0 Å². The molecule has 4 aromatic carbocycles. The molecule has 0 radical (unpaired) electrons. The number of ether oxygens (including phenoxy) is 2. The third-order valence-corrected chi connectivity index (χ3v) is 9.47. The molecule has 2 aliphatic heterocycles. The van der Waals surface area contributed by atoms with Crippen molar-refractivity contribution in [2.75, 3.05) is 23.7 Å². The summed E-state index contributed by atoms with van der Waals surface area (Å²) in [6, 6.07) is 36.1. The van der Waals surface area contributed by atoms with Crippen molar-refractivity contribution in [2.45, 2.75) is 51.0 Å². The van der Waals surface area contributed by atoms with E-state index in [-0.39, 0.29) is 25.0 Å². The van der Waals surface area contributed by atoms with Crippen LogP contribution in [-0.2, 0) is 32.3 Å². The maximum Gasteiger partial charge on any atom is 0.410 e. The van der Waals surface area contributed by atoms with Crippen molar-refractivity contribution >= 4 is 35.4 Å². The van der Waals surface area contributed by atoms with Gasteiger partial charge in [-0.25, -0.2) is 9.59 Å². The minimum absolute atomic E-state index is 0.153. The van der Waals surface area contributed by atoms with Crippen molar-refractivity contribution in [3.05, 3.63) is 132 Å². The molecule has 0 unspecified atom stereocenters. The quantitative estimate of drug-likeness (QED) is 0.150. The third-order valence-electron chi connectivity index (χ3n) is 9.47. The highest BCUT2D eigenvalue weighted by Gasteiger charge is 2.36. The molecule has 3 heterocycles. The lowest BCUT2D eigenvalue weighted by atomic mass is 10.1. The number of hydrogen-bond donors (Lipinski definition) is 2. The van der Waals surface area contributed by atoms with Gasteiger partial charge < -0.3 is 24.5 Å². The van der Waals surface area contributed by atoms with E-state index in [1.165, 1.54) is 9.80 Å². The molecule has 11 nitrogen and oxygen atoms in total. The first kappa shape index (κ1) is 35.1. The van der Waals surface area contributed by atoms with Gasteiger partial charge in [-0.2, -0.15) is 0 Å². The first-order valence-corrected chi connectivity index (χ1v) is 17.8. The first-order valence-electron chi connectivity index (χ1n) is 17.8. The van der Waals surface area contributed by atoms with Crippen LogP contribution in [0.3, 0.4) is 0 Å². The highest BCUT2D eigenvalue weighted by atomic mass is 16.6. The molecule has 2 N–H and O–H groups in total. The molecule has 53 heavy (non-hydrogen) atoms. The summed E-state index contributed by atoms with van der Waals surface area (Å²) < 4.78 is 17.1. The molecule has 0 saturated carbocycles. The van der Waals surface area contributed by atoms with E-state index in [2.05, 4.69) is 10.6 Å². The Bertz CT molecular complexity index is 1890. The fraction of sp³-hybridized carbons (Fsp3) is 0.238. The molecule has 4 amide bonds. The van der Waals surface area contributed by atoms with E-state index in [1.807, 2.05) is 97.1 Å². The van der Waals surface area contributed by atoms with Crippen molar-refractivity contribution in [3.63, 3.8) is 0 Å². The molecule has 1 aromatic heterocycles. The van der Waals surface area contributed by atoms with Crippen molar-refractivity contribution in [3.8, 4) is 22.6 Å². The van der Waals surface area contributed by atoms with Crippen molar-refractivity contribution in [1.82, 2.24) is 9.80 Å². The second-order valence-electron chi connectivity index (χ2n) is 13.1. The summed E-state index contributed by atoms with van der Waals surface area (Å²) in [7, 11) is 0. The van der Waals surface area contributed by atoms with Gasteiger partial charge in [0.25, 0.3) is 0 Å². The number of nitrogens with zero attached hydrogens (tertiary/aromatic N) is 2. The van der Waals surface area contributed by atoms with E-state index in [4.69, 9.17) is 13.9 Å². The van der Waals surface area contributed by atoms with E-state index in [0.29, 0.717) is 48.8 Å². The van der Waals surface area contributed by atoms with Crippen LogP contribution in [0, 0.1) is 0 Å². The average molecular weight is 713 g/mol. The Morgan fingerprint density at radius 2 is 0.943 bits per heavy atom. The number of rotatable bonds is 10. The monoisotopic (exact) mass is 712 g/mol. The summed E-state index contributed by atoms with van der Waals surface area (Å²) in [6.07, 6.45) is 1.59. The van der Waals surface area contributed by atoms with Gasteiger partial charge in [0.2, 0.25) is 11.8 Å². The second kappa shape index (κ2) is 16.3. The van der Waals surface area contributed by atoms with E-state index in [0.717, 1.165) is 35.1 Å². The van der Waals surface area contributed by atoms with E-state index < -0.39 is 24.3 Å². The number of likely N-dealkylation sites (tertiary alicyclic amines) is 2. The van der Waals surface area contributed by atoms with Crippen molar-refractivity contribution < 1.29 is 33.1 Å². The zero-order chi connectivity index (χ0) is 36.6. The number of nitrogens with one attached hydrogen (secondary N) is 2. The van der Waals surface area contributed by atoms with Crippen molar-refractivity contribution in [1.29, 1.82) is 0 Å². The summed E-state index contributed by atoms with van der Waals surface area (Å²) in [5.41, 5.74) is 4.64. The fourth-order valence-electron chi connectivity index (χ4n) is 6.66. The average Bonchev–Trinajstić information content (AvgIpc) is 4.00. The summed E-state index contributed by atoms with van der Waals surface area (Å²) >= 11 is 0. The zero-order valence-electron chi connectivity index (χ0n) is 29.1. The number of carbonyl (C=O) groups excluding carboxylic acids is 4. The SMILES string of the molecule is O=C(Nc1ccc(-c2ccc(-c3ccc(NC(=O)[C@@H]4CCCN4C(=O)OCc4ccccc4)cc3)o2)cc1)[C@@H]1CCCN1C(=O)OCc1ccccc1. The summed E-state index contributed by atoms with van der Waals surface area (Å²) in [4.78, 5) is 54.8. The number of amides is 4. The Kier molecular flexibility index (Phi) is 10.8. The van der Waals surface area contributed by atoms with E-state index >= 15 is 0 Å². The third kappa shape index (κ3) is 8.58. The summed E-state index contributed by atoms with van der Waals surface area (Å²) in [6.45, 7) is 1.24. The maximum absolute atomic E-state index is 13.2. The molecule has 270 valence electrons. The van der Waals surface area contributed by atoms with Gasteiger partial charge in [0, 0.05) is 35.6 Å². The Morgan fingerprint density at radius 1 is 0.547 bits per heavy atom. The number of carbonyl (C=O) groups is 4. The van der Waals surface area contributed by atoms with Crippen LogP contribution in [0.1, 0.15) is 36.8 Å². The fourth-order valence-corrected chi connectivity index (χ4v) is 6.66. The number of benzene rings is 4. The van der Waals surface area contributed by atoms with Gasteiger partial charge in [-0.1, -0.05) is 60.7 Å². The molecule has 5 aromatic rings. The van der Waals surface area contributed by atoms with Gasteiger partial charge in [-0.05, 0) is 97.5 Å². The molecule has 0 aliphatic carbocycles. The van der Waals surface area contributed by atoms with Crippen LogP contribution in [-0.4, -0.2) is 59.0 Å². The molecule has 2 saturated heterocycles. The van der Waals surface area contributed by atoms with Gasteiger partial charge in [0.1, 0.15) is 36.8 Å². The number of furan rings is 1. The number of hydrogen-bond acceptors (Lipinski definition) is 7. The molecule has 2 fully saturated rings. The Labute approximate surface area is 307 Å². The van der Waals surface area contributed by atoms with Gasteiger partial charge in [0.05, 0.1) is 0 Å². The van der Waals surface area contributed by atoms with Crippen LogP contribution in [0.15, 0.2) is 126 Å². The van der Waals surface area contributed by atoms with Crippen LogP contribution in [0.5, 0.6) is 0 Å². The molecule has 0 spiro atoms. The molecular formula is C42H40N4O7. The summed E-state index contributed by atoms with van der Waals surface area (Å²) in [5, 5.41) is 5.87. The summed E-state index contributed by atoms with van der Waals surface area (Å²) in [5.74, 6) is 0.792. The molecular weight excluding hydrogens is 672 g/mol. The number of anilines is 2. The van der Waals surface area contributed by atoms with Crippen LogP contribution < -0.4 is 10.6 Å². The lowest BCUT2D eigenvalue weighted by Gasteiger charge is -2.23. The smallest absolute Gasteiger partial charge is 0.410 e. The van der Waals surface area contributed by atoms with E-state index in [1.54, 1.807) is 24.3 Å². The normalized spacial score (nSPS) is 16.6. The standard InChI is InChI=1S/C42H40N4O7/c47-39(35-13-7-25-45(35)41(49)51-27-29-9-3-1-4-10-29)43-33-19-15-31(16-20-33)37-23-24-38(53-37)32-17-21-34(22-18-32)44-40(48)36-14-8-26-46(36)42(50)52-28-30-11-5-2-6-12-30/h1-6,9-12,15-24,35-36H,7-8,13-14,25-28H2,(H,43,47)(H,44,48)/t35-,36-/m0/s1. The van der Waals surface area contributed by atoms with E-state index in [9.17, 15) is 19.2 Å². The Balaban J connectivity index is 0.904. The van der Waals surface area contributed by atoms with Gasteiger partial charge in [-0.15, -0.1) is 0 Å². The maximum atomic E-state index is 13.2. The van der Waals surface area contributed by atoms with Crippen LogP contribution >= 0.6 is 0 Å². The lowest BCUT2D eigenvalue weighted by Crippen LogP contribution is -2.43. The minimum atomic E-state index is -0.600. The molecule has 2 aliphatic rings. The Hall–Kier alpha value is -6.36. The highest BCUT2D eigenvalue weighted by Crippen LogP contribution is 2.31. The molecule has 7 rings (SSSR count). The highest BCUT2D eigenvalue weighted by molar-refractivity contribution is 5.98. The van der Waals surface area contributed by atoms with Gasteiger partial charge in [0.15, 0.2) is 0 Å². The topological polar surface area (TPSA) is 130 Å². The molecule has 0 bridgehead atoms. The molecule has 2 atom stereocenters. The predicted molar refractivity (Wildman–Crippen MR) is 200 cm³/mol. The van der Waals surface area contributed by atoms with Crippen LogP contribution in [0.4, 0.5) is 21.0 Å². The zero-order valence-corrected chi connectivity index (χ0v) is 29.1. The lowest BCUT2D eigenvalue weighted by molar-refractivity contribution is -0.120. The predicted octanol–water partition coefficient (Wildman–Crippen LogP) is 8.09. The van der Waals surface area contributed by atoms with Crippen LogP contribution in [0.2, 0.25) is 0 Å². The minimum Gasteiger partial charge on any atom is -0.456 e. The molecule has 11 heteroatoms. The first-order chi connectivity index (χ1) is 25.9. The largest absolute Gasteiger partial charge is 0.456 e. The van der Waals surface area contributed by atoms with Gasteiger partial charge >= 0.3 is 12.2 Å². The Morgan fingerprint density at radius 3 is 1.34 bits per heavy atom. The second-order valence-corrected chi connectivity index (χ2v) is 13.1. The van der Waals surface area contributed by atoms with Crippen LogP contribution in [0.25, 0.3) is 22.6 Å². The van der Waals surface area contributed by atoms with Gasteiger partial charge in [-0.3, -0.25) is 19.4 Å².